The van der Waals surface area contributed by atoms with E-state index in [2.05, 4.69) is 5.32 Å². The maximum absolute atomic E-state index is 12.9. The van der Waals surface area contributed by atoms with E-state index in [1.807, 2.05) is 24.3 Å². The van der Waals surface area contributed by atoms with Crippen LogP contribution < -0.4 is 9.62 Å². The normalized spacial score (nSPS) is 11.1. The minimum atomic E-state index is -3.77. The molecular formula is C22H21ClN2O3S2. The minimum Gasteiger partial charge on any atom is -0.351 e. The number of sulfonamides is 1. The summed E-state index contributed by atoms with van der Waals surface area (Å²) in [6.07, 6.45) is 0. The number of benzene rings is 3. The first kappa shape index (κ1) is 22.2. The number of hydrogen-bond donors (Lipinski definition) is 1. The lowest BCUT2D eigenvalue weighted by atomic mass is 10.1. The predicted octanol–water partition coefficient (Wildman–Crippen LogP) is 4.69. The molecule has 0 bridgehead atoms. The molecule has 3 aromatic carbocycles. The van der Waals surface area contributed by atoms with Crippen molar-refractivity contribution in [2.45, 2.75) is 9.79 Å². The van der Waals surface area contributed by atoms with Crippen LogP contribution in [-0.4, -0.2) is 33.7 Å². The number of hydrogen-bond acceptors (Lipinski definition) is 4. The van der Waals surface area contributed by atoms with Crippen LogP contribution in [0.1, 0.15) is 10.4 Å². The van der Waals surface area contributed by atoms with Gasteiger partial charge in [-0.05, 0) is 48.5 Å². The third-order valence-corrected chi connectivity index (χ3v) is 7.41. The fourth-order valence-corrected chi connectivity index (χ4v) is 4.91. The number of amides is 1. The Kier molecular flexibility index (Phi) is 7.42. The molecule has 3 rings (SSSR count). The Morgan fingerprint density at radius 1 is 0.967 bits per heavy atom. The molecule has 5 nitrogen and oxygen atoms in total. The number of nitrogens with one attached hydrogen (secondary N) is 1. The Morgan fingerprint density at radius 2 is 1.60 bits per heavy atom. The Bertz CT molecular complexity index is 1100. The van der Waals surface area contributed by atoms with Crippen molar-refractivity contribution in [2.75, 3.05) is 23.7 Å². The first-order valence-electron chi connectivity index (χ1n) is 9.19. The van der Waals surface area contributed by atoms with Crippen molar-refractivity contribution in [3.63, 3.8) is 0 Å². The fourth-order valence-electron chi connectivity index (χ4n) is 2.78. The molecule has 1 amide bonds. The van der Waals surface area contributed by atoms with Gasteiger partial charge >= 0.3 is 0 Å². The van der Waals surface area contributed by atoms with Crippen molar-refractivity contribution in [3.8, 4) is 0 Å². The highest BCUT2D eigenvalue weighted by molar-refractivity contribution is 7.99. The second-order valence-electron chi connectivity index (χ2n) is 6.36. The highest BCUT2D eigenvalue weighted by Gasteiger charge is 2.24. The van der Waals surface area contributed by atoms with Gasteiger partial charge < -0.3 is 5.32 Å². The van der Waals surface area contributed by atoms with E-state index < -0.39 is 10.0 Å². The molecule has 30 heavy (non-hydrogen) atoms. The summed E-state index contributed by atoms with van der Waals surface area (Å²) in [4.78, 5) is 14.0. The van der Waals surface area contributed by atoms with Crippen LogP contribution in [0.2, 0.25) is 5.02 Å². The highest BCUT2D eigenvalue weighted by atomic mass is 35.5. The summed E-state index contributed by atoms with van der Waals surface area (Å²) in [5.74, 6) is 0.352. The topological polar surface area (TPSA) is 66.5 Å². The number of para-hydroxylation sites is 1. The lowest BCUT2D eigenvalue weighted by Gasteiger charge is -2.22. The van der Waals surface area contributed by atoms with Crippen LogP contribution in [0.25, 0.3) is 0 Å². The lowest BCUT2D eigenvalue weighted by molar-refractivity contribution is 0.0957. The molecule has 1 N–H and O–H groups in total. The van der Waals surface area contributed by atoms with Gasteiger partial charge in [0.2, 0.25) is 0 Å². The van der Waals surface area contributed by atoms with E-state index in [4.69, 9.17) is 11.6 Å². The third kappa shape index (κ3) is 5.36. The standard InChI is InChI=1S/C22H21ClN2O3S2/c1-25(30(27,28)19-7-3-2-4-8-19)21-10-6-5-9-20(21)22(26)24-15-16-29-18-13-11-17(23)12-14-18/h2-14H,15-16H2,1H3,(H,24,26). The Labute approximate surface area is 186 Å². The Balaban J connectivity index is 1.68. The van der Waals surface area contributed by atoms with Crippen molar-refractivity contribution in [1.82, 2.24) is 5.32 Å². The van der Waals surface area contributed by atoms with Crippen molar-refractivity contribution >= 4 is 45.0 Å². The third-order valence-electron chi connectivity index (χ3n) is 4.36. The molecule has 0 aromatic heterocycles. The van der Waals surface area contributed by atoms with Gasteiger partial charge in [-0.15, -0.1) is 11.8 Å². The van der Waals surface area contributed by atoms with Crippen LogP contribution in [0.3, 0.4) is 0 Å². The summed E-state index contributed by atoms with van der Waals surface area (Å²) < 4.78 is 27.0. The number of carbonyl (C=O) groups is 1. The van der Waals surface area contributed by atoms with Gasteiger partial charge in [0.05, 0.1) is 16.1 Å². The fraction of sp³-hybridized carbons (Fsp3) is 0.136. The first-order valence-corrected chi connectivity index (χ1v) is 12.0. The number of nitrogens with zero attached hydrogens (tertiary/aromatic N) is 1. The van der Waals surface area contributed by atoms with Gasteiger partial charge in [0.1, 0.15) is 0 Å². The van der Waals surface area contributed by atoms with E-state index in [-0.39, 0.29) is 10.8 Å². The van der Waals surface area contributed by atoms with E-state index in [1.165, 1.54) is 19.2 Å². The molecule has 3 aromatic rings. The average molecular weight is 461 g/mol. The molecule has 0 heterocycles. The minimum absolute atomic E-state index is 0.169. The van der Waals surface area contributed by atoms with E-state index in [0.717, 1.165) is 9.20 Å². The van der Waals surface area contributed by atoms with Gasteiger partial charge in [-0.3, -0.25) is 9.10 Å². The summed E-state index contributed by atoms with van der Waals surface area (Å²) in [5.41, 5.74) is 0.625. The highest BCUT2D eigenvalue weighted by Crippen LogP contribution is 2.26. The van der Waals surface area contributed by atoms with Gasteiger partial charge in [-0.25, -0.2) is 8.42 Å². The van der Waals surface area contributed by atoms with E-state index in [9.17, 15) is 13.2 Å². The molecular weight excluding hydrogens is 440 g/mol. The zero-order chi connectivity index (χ0) is 21.6. The molecule has 0 saturated carbocycles. The lowest BCUT2D eigenvalue weighted by Crippen LogP contribution is -2.31. The van der Waals surface area contributed by atoms with Gasteiger partial charge in [0, 0.05) is 29.3 Å². The second-order valence-corrected chi connectivity index (χ2v) is 9.94. The van der Waals surface area contributed by atoms with Crippen molar-refractivity contribution in [2.24, 2.45) is 0 Å². The first-order chi connectivity index (χ1) is 14.4. The number of carbonyl (C=O) groups excluding carboxylic acids is 1. The van der Waals surface area contributed by atoms with Crippen LogP contribution in [0.15, 0.2) is 88.7 Å². The average Bonchev–Trinajstić information content (AvgIpc) is 2.78. The van der Waals surface area contributed by atoms with Gasteiger partial charge in [-0.1, -0.05) is 41.9 Å². The summed E-state index contributed by atoms with van der Waals surface area (Å²) in [5, 5.41) is 3.54. The quantitative estimate of drug-likeness (QED) is 0.391. The molecule has 0 aliphatic heterocycles. The maximum Gasteiger partial charge on any atom is 0.264 e. The van der Waals surface area contributed by atoms with Crippen LogP contribution in [0, 0.1) is 0 Å². The van der Waals surface area contributed by atoms with Crippen molar-refractivity contribution in [1.29, 1.82) is 0 Å². The molecule has 0 radical (unpaired) electrons. The Morgan fingerprint density at radius 3 is 2.30 bits per heavy atom. The molecule has 0 aliphatic rings. The zero-order valence-electron chi connectivity index (χ0n) is 16.3. The number of thioether (sulfide) groups is 1. The predicted molar refractivity (Wildman–Crippen MR) is 123 cm³/mol. The Hall–Kier alpha value is -2.48. The molecule has 0 fully saturated rings. The maximum atomic E-state index is 12.9. The van der Waals surface area contributed by atoms with Gasteiger partial charge in [0.15, 0.2) is 0 Å². The summed E-state index contributed by atoms with van der Waals surface area (Å²) in [6, 6.07) is 22.3. The van der Waals surface area contributed by atoms with Gasteiger partial charge in [-0.2, -0.15) is 0 Å². The largest absolute Gasteiger partial charge is 0.351 e. The summed E-state index contributed by atoms with van der Waals surface area (Å²) in [7, 11) is -2.33. The van der Waals surface area contributed by atoms with Crippen LogP contribution in [-0.2, 0) is 10.0 Å². The van der Waals surface area contributed by atoms with Crippen molar-refractivity contribution < 1.29 is 13.2 Å². The molecule has 0 unspecified atom stereocenters. The van der Waals surface area contributed by atoms with E-state index >= 15 is 0 Å². The van der Waals surface area contributed by atoms with Gasteiger partial charge in [0.25, 0.3) is 15.9 Å². The molecule has 0 aliphatic carbocycles. The molecule has 0 saturated heterocycles. The summed E-state index contributed by atoms with van der Waals surface area (Å²) in [6.45, 7) is 0.440. The number of anilines is 1. The van der Waals surface area contributed by atoms with Crippen LogP contribution >= 0.6 is 23.4 Å². The summed E-state index contributed by atoms with van der Waals surface area (Å²) >= 11 is 7.48. The monoisotopic (exact) mass is 460 g/mol. The van der Waals surface area contributed by atoms with Crippen LogP contribution in [0.5, 0.6) is 0 Å². The SMILES string of the molecule is CN(c1ccccc1C(=O)NCCSc1ccc(Cl)cc1)S(=O)(=O)c1ccccc1. The molecule has 8 heteroatoms. The molecule has 156 valence electrons. The molecule has 0 atom stereocenters. The van der Waals surface area contributed by atoms with Crippen LogP contribution in [0.4, 0.5) is 5.69 Å². The number of rotatable bonds is 8. The number of halogens is 1. The molecule has 0 spiro atoms. The zero-order valence-corrected chi connectivity index (χ0v) is 18.7. The van der Waals surface area contributed by atoms with Crippen molar-refractivity contribution in [3.05, 3.63) is 89.4 Å². The second kappa shape index (κ2) is 10.0. The smallest absolute Gasteiger partial charge is 0.264 e. The van der Waals surface area contributed by atoms with E-state index in [0.29, 0.717) is 28.6 Å². The van der Waals surface area contributed by atoms with E-state index in [1.54, 1.807) is 54.2 Å².